The summed E-state index contributed by atoms with van der Waals surface area (Å²) in [6, 6.07) is 3.65. The lowest BCUT2D eigenvalue weighted by atomic mass is 9.68. The molecular formula is C11H12BrNO3S. The number of esters is 1. The molecule has 0 spiro atoms. The van der Waals surface area contributed by atoms with Gasteiger partial charge in [-0.05, 0) is 40.9 Å². The Morgan fingerprint density at radius 1 is 1.47 bits per heavy atom. The van der Waals surface area contributed by atoms with Gasteiger partial charge >= 0.3 is 5.97 Å². The van der Waals surface area contributed by atoms with Gasteiger partial charge < -0.3 is 10.1 Å². The van der Waals surface area contributed by atoms with Gasteiger partial charge in [0.2, 0.25) is 5.91 Å². The minimum Gasteiger partial charge on any atom is -0.468 e. The van der Waals surface area contributed by atoms with E-state index < -0.39 is 11.4 Å². The summed E-state index contributed by atoms with van der Waals surface area (Å²) in [5.41, 5.74) is -0.967. The molecule has 1 heterocycles. The SMILES string of the molecule is COC(=O)C1(C(=O)Nc2ccc(Br)s2)CCC1. The minimum absolute atomic E-state index is 0.259. The molecule has 6 heteroatoms. The highest BCUT2D eigenvalue weighted by atomic mass is 79.9. The largest absolute Gasteiger partial charge is 0.468 e. The Morgan fingerprint density at radius 3 is 2.59 bits per heavy atom. The molecule has 1 aliphatic rings. The van der Waals surface area contributed by atoms with Gasteiger partial charge in [-0.25, -0.2) is 0 Å². The Bertz CT molecular complexity index is 453. The predicted molar refractivity (Wildman–Crippen MR) is 68.9 cm³/mol. The van der Waals surface area contributed by atoms with Crippen molar-refractivity contribution < 1.29 is 14.3 Å². The molecule has 0 aliphatic heterocycles. The smallest absolute Gasteiger partial charge is 0.321 e. The van der Waals surface area contributed by atoms with Crippen molar-refractivity contribution in [3.05, 3.63) is 15.9 Å². The molecule has 1 fully saturated rings. The molecule has 1 saturated carbocycles. The molecule has 1 N–H and O–H groups in total. The summed E-state index contributed by atoms with van der Waals surface area (Å²) in [6.45, 7) is 0. The number of hydrogen-bond donors (Lipinski definition) is 1. The molecule has 0 aromatic carbocycles. The third-order valence-corrected chi connectivity index (χ3v) is 4.57. The standard InChI is InChI=1S/C11H12BrNO3S/c1-16-10(15)11(5-2-6-11)9(14)13-8-4-3-7(12)17-8/h3-4H,2,5-6H2,1H3,(H,13,14). The van der Waals surface area contributed by atoms with Crippen LogP contribution in [0.25, 0.3) is 0 Å². The van der Waals surface area contributed by atoms with Crippen LogP contribution in [0.3, 0.4) is 0 Å². The van der Waals surface area contributed by atoms with E-state index in [2.05, 4.69) is 21.2 Å². The summed E-state index contributed by atoms with van der Waals surface area (Å²) >= 11 is 4.74. The lowest BCUT2D eigenvalue weighted by Gasteiger charge is -2.36. The van der Waals surface area contributed by atoms with Crippen molar-refractivity contribution in [2.75, 3.05) is 12.4 Å². The van der Waals surface area contributed by atoms with Crippen LogP contribution in [0.5, 0.6) is 0 Å². The second-order valence-electron chi connectivity index (χ2n) is 3.99. The summed E-state index contributed by atoms with van der Waals surface area (Å²) < 4.78 is 5.65. The monoisotopic (exact) mass is 317 g/mol. The van der Waals surface area contributed by atoms with Crippen molar-refractivity contribution in [1.29, 1.82) is 0 Å². The van der Waals surface area contributed by atoms with E-state index in [0.717, 1.165) is 15.2 Å². The average Bonchev–Trinajstić information content (AvgIpc) is 2.62. The number of halogens is 1. The summed E-state index contributed by atoms with van der Waals surface area (Å²) in [5.74, 6) is -0.693. The molecule has 0 radical (unpaired) electrons. The van der Waals surface area contributed by atoms with Crippen molar-refractivity contribution >= 4 is 44.1 Å². The second kappa shape index (κ2) is 4.78. The van der Waals surface area contributed by atoms with Crippen molar-refractivity contribution in [3.8, 4) is 0 Å². The van der Waals surface area contributed by atoms with E-state index >= 15 is 0 Å². The summed E-state index contributed by atoms with van der Waals surface area (Å²) in [7, 11) is 1.32. The van der Waals surface area contributed by atoms with Gasteiger partial charge in [0.15, 0.2) is 0 Å². The predicted octanol–water partition coefficient (Wildman–Crippen LogP) is 2.79. The van der Waals surface area contributed by atoms with Gasteiger partial charge in [0.05, 0.1) is 15.9 Å². The lowest BCUT2D eigenvalue weighted by molar-refractivity contribution is -0.163. The van der Waals surface area contributed by atoms with Gasteiger partial charge in [-0.15, -0.1) is 11.3 Å². The van der Waals surface area contributed by atoms with Crippen molar-refractivity contribution in [2.45, 2.75) is 19.3 Å². The molecule has 1 aromatic heterocycles. The number of nitrogens with one attached hydrogen (secondary N) is 1. The van der Waals surface area contributed by atoms with Gasteiger partial charge in [0.25, 0.3) is 0 Å². The van der Waals surface area contributed by atoms with E-state index in [1.54, 1.807) is 6.07 Å². The van der Waals surface area contributed by atoms with Crippen LogP contribution in [-0.2, 0) is 14.3 Å². The number of carbonyl (C=O) groups is 2. The van der Waals surface area contributed by atoms with Gasteiger partial charge in [-0.3, -0.25) is 9.59 Å². The molecule has 1 aromatic rings. The fourth-order valence-electron chi connectivity index (χ4n) is 1.86. The maximum Gasteiger partial charge on any atom is 0.321 e. The van der Waals surface area contributed by atoms with Crippen LogP contribution in [0.1, 0.15) is 19.3 Å². The van der Waals surface area contributed by atoms with Crippen molar-refractivity contribution in [2.24, 2.45) is 5.41 Å². The molecular weight excluding hydrogens is 306 g/mol. The third kappa shape index (κ3) is 2.24. The van der Waals surface area contributed by atoms with Crippen LogP contribution in [-0.4, -0.2) is 19.0 Å². The Balaban J connectivity index is 2.11. The van der Waals surface area contributed by atoms with Crippen molar-refractivity contribution in [1.82, 2.24) is 0 Å². The number of anilines is 1. The summed E-state index contributed by atoms with van der Waals surface area (Å²) in [4.78, 5) is 23.8. The highest BCUT2D eigenvalue weighted by Crippen LogP contribution is 2.43. The zero-order chi connectivity index (χ0) is 12.5. The van der Waals surface area contributed by atoms with Crippen LogP contribution in [0.4, 0.5) is 5.00 Å². The molecule has 0 atom stereocenters. The molecule has 2 rings (SSSR count). The quantitative estimate of drug-likeness (QED) is 0.689. The van der Waals surface area contributed by atoms with E-state index in [-0.39, 0.29) is 5.91 Å². The van der Waals surface area contributed by atoms with Crippen LogP contribution >= 0.6 is 27.3 Å². The van der Waals surface area contributed by atoms with Gasteiger partial charge in [0.1, 0.15) is 5.41 Å². The molecule has 0 unspecified atom stereocenters. The fourth-order valence-corrected chi connectivity index (χ4v) is 3.14. The lowest BCUT2D eigenvalue weighted by Crippen LogP contribution is -2.48. The van der Waals surface area contributed by atoms with Crippen LogP contribution in [0.15, 0.2) is 15.9 Å². The van der Waals surface area contributed by atoms with E-state index in [1.807, 2.05) is 6.07 Å². The highest BCUT2D eigenvalue weighted by Gasteiger charge is 2.52. The Morgan fingerprint density at radius 2 is 2.18 bits per heavy atom. The molecule has 0 bridgehead atoms. The Kier molecular flexibility index (Phi) is 3.53. The highest BCUT2D eigenvalue weighted by molar-refractivity contribution is 9.11. The first-order chi connectivity index (χ1) is 8.08. The third-order valence-electron chi connectivity index (χ3n) is 3.03. The zero-order valence-electron chi connectivity index (χ0n) is 9.29. The molecule has 1 amide bonds. The van der Waals surface area contributed by atoms with Gasteiger partial charge in [-0.1, -0.05) is 6.42 Å². The average molecular weight is 318 g/mol. The number of carbonyl (C=O) groups excluding carboxylic acids is 2. The normalized spacial score (nSPS) is 17.1. The summed E-state index contributed by atoms with van der Waals surface area (Å²) in [5, 5.41) is 3.50. The molecule has 92 valence electrons. The summed E-state index contributed by atoms with van der Waals surface area (Å²) in [6.07, 6.45) is 2.02. The number of amides is 1. The molecule has 17 heavy (non-hydrogen) atoms. The van der Waals surface area contributed by atoms with Crippen LogP contribution in [0, 0.1) is 5.41 Å². The number of hydrogen-bond acceptors (Lipinski definition) is 4. The number of methoxy groups -OCH3 is 1. The molecule has 4 nitrogen and oxygen atoms in total. The van der Waals surface area contributed by atoms with Gasteiger partial charge in [-0.2, -0.15) is 0 Å². The number of ether oxygens (including phenoxy) is 1. The van der Waals surface area contributed by atoms with Crippen LogP contribution in [0.2, 0.25) is 0 Å². The Labute approximate surface area is 111 Å². The Hall–Kier alpha value is -0.880. The zero-order valence-corrected chi connectivity index (χ0v) is 11.7. The first kappa shape index (κ1) is 12.6. The van der Waals surface area contributed by atoms with E-state index in [1.165, 1.54) is 18.4 Å². The second-order valence-corrected chi connectivity index (χ2v) is 6.45. The number of thiophene rings is 1. The fraction of sp³-hybridized carbons (Fsp3) is 0.455. The van der Waals surface area contributed by atoms with E-state index in [0.29, 0.717) is 12.8 Å². The van der Waals surface area contributed by atoms with Gasteiger partial charge in [0, 0.05) is 0 Å². The van der Waals surface area contributed by atoms with Crippen molar-refractivity contribution in [3.63, 3.8) is 0 Å². The van der Waals surface area contributed by atoms with Crippen LogP contribution < -0.4 is 5.32 Å². The van der Waals surface area contributed by atoms with E-state index in [4.69, 9.17) is 4.74 Å². The maximum atomic E-state index is 12.1. The molecule has 1 aliphatic carbocycles. The maximum absolute atomic E-state index is 12.1. The van der Waals surface area contributed by atoms with E-state index in [9.17, 15) is 9.59 Å². The first-order valence-corrected chi connectivity index (χ1v) is 6.85. The minimum atomic E-state index is -0.967. The molecule has 0 saturated heterocycles. The number of rotatable bonds is 3. The first-order valence-electron chi connectivity index (χ1n) is 5.24. The topological polar surface area (TPSA) is 55.4 Å².